The van der Waals surface area contributed by atoms with Crippen LogP contribution in [-0.2, 0) is 32.6 Å². The van der Waals surface area contributed by atoms with Gasteiger partial charge in [-0.1, -0.05) is 85.3 Å². The first-order chi connectivity index (χ1) is 22.6. The van der Waals surface area contributed by atoms with E-state index in [-0.39, 0.29) is 41.2 Å². The minimum Gasteiger partial charge on any atom is -0.497 e. The van der Waals surface area contributed by atoms with E-state index < -0.39 is 28.5 Å². The van der Waals surface area contributed by atoms with Gasteiger partial charge in [-0.2, -0.15) is 0 Å². The average molecular weight is 678 g/mol. The quantitative estimate of drug-likeness (QED) is 0.163. The number of rotatable bonds is 15. The number of benzene rings is 4. The predicted octanol–water partition coefficient (Wildman–Crippen LogP) is 6.11. The summed E-state index contributed by atoms with van der Waals surface area (Å²) in [6, 6.07) is 27.8. The molecule has 0 saturated carbocycles. The molecule has 0 bridgehead atoms. The third-order valence-corrected chi connectivity index (χ3v) is 9.98. The highest BCUT2D eigenvalue weighted by Gasteiger charge is 2.36. The molecule has 0 aliphatic heterocycles. The Kier molecular flexibility index (Phi) is 12.3. The van der Waals surface area contributed by atoms with Gasteiger partial charge in [-0.05, 0) is 54.8 Å². The Bertz CT molecular complexity index is 1760. The second-order valence-corrected chi connectivity index (χ2v) is 13.3. The van der Waals surface area contributed by atoms with Crippen LogP contribution in [0, 0.1) is 0 Å². The highest BCUT2D eigenvalue weighted by Crippen LogP contribution is 2.36. The second kappa shape index (κ2) is 16.3. The van der Waals surface area contributed by atoms with E-state index in [2.05, 4.69) is 5.32 Å². The molecular formula is C36H40ClN3O6S. The third-order valence-electron chi connectivity index (χ3n) is 7.84. The molecule has 4 aromatic carbocycles. The van der Waals surface area contributed by atoms with E-state index >= 15 is 0 Å². The number of ether oxygens (including phenoxy) is 2. The zero-order valence-corrected chi connectivity index (χ0v) is 28.5. The van der Waals surface area contributed by atoms with Crippen molar-refractivity contribution in [2.24, 2.45) is 0 Å². The number of nitrogens with zero attached hydrogens (tertiary/aromatic N) is 2. The van der Waals surface area contributed by atoms with Gasteiger partial charge in [0.15, 0.2) is 0 Å². The fraction of sp³-hybridized carbons (Fsp3) is 0.278. The molecule has 1 N–H and O–H groups in total. The maximum absolute atomic E-state index is 14.7. The van der Waals surface area contributed by atoms with Gasteiger partial charge in [0.05, 0.1) is 24.8 Å². The minimum atomic E-state index is -4.33. The van der Waals surface area contributed by atoms with Crippen LogP contribution in [0.5, 0.6) is 11.5 Å². The van der Waals surface area contributed by atoms with E-state index in [0.717, 1.165) is 9.87 Å². The van der Waals surface area contributed by atoms with Gasteiger partial charge in [-0.25, -0.2) is 8.42 Å². The molecule has 2 amide bonds. The van der Waals surface area contributed by atoms with Crippen molar-refractivity contribution in [3.05, 3.63) is 119 Å². The molecule has 4 rings (SSSR count). The summed E-state index contributed by atoms with van der Waals surface area (Å²) >= 11 is 6.58. The summed E-state index contributed by atoms with van der Waals surface area (Å²) in [4.78, 5) is 30.1. The number of hydrogen-bond acceptors (Lipinski definition) is 6. The first-order valence-corrected chi connectivity index (χ1v) is 17.1. The third kappa shape index (κ3) is 8.84. The number of carbonyl (C=O) groups excluding carboxylic acids is 2. The number of sulfonamides is 1. The van der Waals surface area contributed by atoms with Crippen molar-refractivity contribution in [1.82, 2.24) is 10.2 Å². The van der Waals surface area contributed by atoms with Gasteiger partial charge in [0.1, 0.15) is 24.1 Å². The fourth-order valence-electron chi connectivity index (χ4n) is 5.03. The lowest BCUT2D eigenvalue weighted by molar-refractivity contribution is -0.140. The molecule has 248 valence electrons. The molecule has 9 nitrogen and oxygen atoms in total. The highest BCUT2D eigenvalue weighted by atomic mass is 35.5. The molecule has 0 heterocycles. The van der Waals surface area contributed by atoms with Gasteiger partial charge >= 0.3 is 0 Å². The monoisotopic (exact) mass is 677 g/mol. The maximum atomic E-state index is 14.7. The van der Waals surface area contributed by atoms with Crippen molar-refractivity contribution in [3.63, 3.8) is 0 Å². The van der Waals surface area contributed by atoms with Gasteiger partial charge in [0.2, 0.25) is 11.8 Å². The van der Waals surface area contributed by atoms with Crippen LogP contribution >= 0.6 is 11.6 Å². The molecule has 0 aliphatic carbocycles. The first kappa shape index (κ1) is 35.3. The van der Waals surface area contributed by atoms with Crippen molar-refractivity contribution < 1.29 is 27.5 Å². The summed E-state index contributed by atoms with van der Waals surface area (Å²) < 4.78 is 40.6. The summed E-state index contributed by atoms with van der Waals surface area (Å²) in [5, 5.41) is 3.44. The highest BCUT2D eigenvalue weighted by molar-refractivity contribution is 7.92. The Morgan fingerprint density at radius 3 is 2.13 bits per heavy atom. The van der Waals surface area contributed by atoms with E-state index in [0.29, 0.717) is 22.8 Å². The minimum absolute atomic E-state index is 0.0225. The molecule has 0 unspecified atom stereocenters. The molecule has 47 heavy (non-hydrogen) atoms. The summed E-state index contributed by atoms with van der Waals surface area (Å²) in [7, 11) is -1.45. The van der Waals surface area contributed by atoms with Crippen molar-refractivity contribution in [2.75, 3.05) is 25.1 Å². The van der Waals surface area contributed by atoms with Crippen LogP contribution in [-0.4, -0.2) is 58.0 Å². The lowest BCUT2D eigenvalue weighted by atomic mass is 10.0. The van der Waals surface area contributed by atoms with Crippen molar-refractivity contribution in [1.29, 1.82) is 0 Å². The summed E-state index contributed by atoms with van der Waals surface area (Å²) in [6.07, 6.45) is 0.869. The van der Waals surface area contributed by atoms with Crippen molar-refractivity contribution in [2.45, 2.75) is 50.2 Å². The molecule has 0 aliphatic rings. The molecule has 2 atom stereocenters. The number of methoxy groups -OCH3 is 2. The largest absolute Gasteiger partial charge is 0.497 e. The average Bonchev–Trinajstić information content (AvgIpc) is 3.09. The number of nitrogens with one attached hydrogen (secondary N) is 1. The Morgan fingerprint density at radius 1 is 0.872 bits per heavy atom. The van der Waals surface area contributed by atoms with E-state index in [9.17, 15) is 18.0 Å². The summed E-state index contributed by atoms with van der Waals surface area (Å²) in [5.41, 5.74) is 1.54. The van der Waals surface area contributed by atoms with E-state index in [1.54, 1.807) is 54.6 Å². The van der Waals surface area contributed by atoms with Crippen LogP contribution in [0.15, 0.2) is 108 Å². The standard InChI is InChI=1S/C36H40ClN3O6S/c1-5-26(2)38-36(42)33(22-27-14-8-6-9-15-27)39(24-28-16-12-13-19-31(28)37)35(41)25-40(47(43,44)30-17-10-7-11-18-30)32-23-29(45-3)20-21-34(32)46-4/h6-21,23,26,33H,5,22,24-25H2,1-4H3,(H,38,42)/t26-,33+/m1/s1. The van der Waals surface area contributed by atoms with Crippen molar-refractivity contribution in [3.8, 4) is 11.5 Å². The Hall–Kier alpha value is -4.54. The van der Waals surface area contributed by atoms with Crippen LogP contribution in [0.4, 0.5) is 5.69 Å². The molecule has 0 aromatic heterocycles. The zero-order valence-electron chi connectivity index (χ0n) is 26.9. The van der Waals surface area contributed by atoms with E-state index in [1.165, 1.54) is 37.3 Å². The Balaban J connectivity index is 1.87. The second-order valence-electron chi connectivity index (χ2n) is 11.0. The molecule has 0 saturated heterocycles. The predicted molar refractivity (Wildman–Crippen MR) is 184 cm³/mol. The molecule has 0 fully saturated rings. The lowest BCUT2D eigenvalue weighted by Gasteiger charge is -2.34. The molecule has 4 aromatic rings. The van der Waals surface area contributed by atoms with Crippen LogP contribution in [0.2, 0.25) is 5.02 Å². The number of amides is 2. The fourth-order valence-corrected chi connectivity index (χ4v) is 6.66. The first-order valence-electron chi connectivity index (χ1n) is 15.3. The SMILES string of the molecule is CC[C@@H](C)NC(=O)[C@H](Cc1ccccc1)N(Cc1ccccc1Cl)C(=O)CN(c1cc(OC)ccc1OC)S(=O)(=O)c1ccccc1. The molecule has 11 heteroatoms. The molecule has 0 radical (unpaired) electrons. The Morgan fingerprint density at radius 2 is 1.51 bits per heavy atom. The zero-order chi connectivity index (χ0) is 34.0. The molecule has 0 spiro atoms. The number of hydrogen-bond donors (Lipinski definition) is 1. The smallest absolute Gasteiger partial charge is 0.264 e. The van der Waals surface area contributed by atoms with Gasteiger partial charge in [-0.3, -0.25) is 13.9 Å². The molecular weight excluding hydrogens is 638 g/mol. The van der Waals surface area contributed by atoms with E-state index in [4.69, 9.17) is 21.1 Å². The topological polar surface area (TPSA) is 105 Å². The summed E-state index contributed by atoms with van der Waals surface area (Å²) in [6.45, 7) is 3.16. The van der Waals surface area contributed by atoms with E-state index in [1.807, 2.05) is 44.2 Å². The van der Waals surface area contributed by atoms with Gasteiger partial charge in [-0.15, -0.1) is 0 Å². The number of carbonyl (C=O) groups is 2. The van der Waals surface area contributed by atoms with Crippen LogP contribution in [0.25, 0.3) is 0 Å². The van der Waals surface area contributed by atoms with Gasteiger partial charge in [0.25, 0.3) is 10.0 Å². The normalized spacial score (nSPS) is 12.4. The van der Waals surface area contributed by atoms with Crippen LogP contribution in [0.1, 0.15) is 31.4 Å². The van der Waals surface area contributed by atoms with Crippen LogP contribution in [0.3, 0.4) is 0 Å². The number of halogens is 1. The maximum Gasteiger partial charge on any atom is 0.264 e. The lowest BCUT2D eigenvalue weighted by Crippen LogP contribution is -2.54. The van der Waals surface area contributed by atoms with Crippen LogP contribution < -0.4 is 19.1 Å². The van der Waals surface area contributed by atoms with Gasteiger partial charge in [0, 0.05) is 30.1 Å². The Labute approximate surface area is 282 Å². The number of anilines is 1. The summed E-state index contributed by atoms with van der Waals surface area (Å²) in [5.74, 6) is -0.398. The van der Waals surface area contributed by atoms with Gasteiger partial charge < -0.3 is 19.7 Å². The van der Waals surface area contributed by atoms with Crippen molar-refractivity contribution >= 4 is 39.1 Å².